The Hall–Kier alpha value is -0.870. The minimum atomic E-state index is -0.262. The smallest absolute Gasteiger partial charge is 0.348 e. The molecule has 1 rings (SSSR count). The highest BCUT2D eigenvalue weighted by atomic mass is 32.1. The van der Waals surface area contributed by atoms with Gasteiger partial charge in [-0.2, -0.15) is 0 Å². The van der Waals surface area contributed by atoms with Gasteiger partial charge in [0, 0.05) is 10.9 Å². The van der Waals surface area contributed by atoms with Crippen molar-refractivity contribution in [2.24, 2.45) is 5.73 Å². The third kappa shape index (κ3) is 3.12. The number of nitrogens with two attached hydrogens (primary N) is 1. The summed E-state index contributed by atoms with van der Waals surface area (Å²) in [5.41, 5.74) is 5.65. The zero-order valence-electron chi connectivity index (χ0n) is 8.45. The number of carbonyl (C=O) groups excluding carboxylic acids is 1. The van der Waals surface area contributed by atoms with E-state index in [0.29, 0.717) is 4.88 Å². The minimum Gasteiger partial charge on any atom is -0.465 e. The lowest BCUT2D eigenvalue weighted by Crippen LogP contribution is -2.14. The number of carbonyl (C=O) groups is 1. The van der Waals surface area contributed by atoms with Crippen LogP contribution in [-0.2, 0) is 11.2 Å². The second kappa shape index (κ2) is 5.12. The molecule has 0 aliphatic rings. The number of aryl methyl sites for hydroxylation is 1. The van der Waals surface area contributed by atoms with Crippen LogP contribution in [0.1, 0.15) is 27.9 Å². The second-order valence-electron chi connectivity index (χ2n) is 3.27. The monoisotopic (exact) mass is 213 g/mol. The maximum absolute atomic E-state index is 11.1. The van der Waals surface area contributed by atoms with Gasteiger partial charge in [0.2, 0.25) is 0 Å². The van der Waals surface area contributed by atoms with E-state index in [1.165, 1.54) is 23.3 Å². The second-order valence-corrected chi connectivity index (χ2v) is 4.44. The van der Waals surface area contributed by atoms with Gasteiger partial charge in [-0.15, -0.1) is 11.3 Å². The Morgan fingerprint density at radius 3 is 2.93 bits per heavy atom. The zero-order valence-corrected chi connectivity index (χ0v) is 9.26. The van der Waals surface area contributed by atoms with E-state index in [1.54, 1.807) is 6.07 Å². The van der Waals surface area contributed by atoms with Gasteiger partial charge in [-0.25, -0.2) is 4.79 Å². The Labute approximate surface area is 87.9 Å². The molecule has 0 radical (unpaired) electrons. The van der Waals surface area contributed by atoms with Crippen molar-refractivity contribution in [1.29, 1.82) is 0 Å². The largest absolute Gasteiger partial charge is 0.465 e. The van der Waals surface area contributed by atoms with Crippen LogP contribution in [0.2, 0.25) is 0 Å². The molecule has 0 aromatic carbocycles. The van der Waals surface area contributed by atoms with Crippen molar-refractivity contribution in [2.45, 2.75) is 25.8 Å². The third-order valence-corrected chi connectivity index (χ3v) is 3.02. The SMILES string of the molecule is COC(=O)c1ccc(CCC(C)N)s1. The number of hydrogen-bond donors (Lipinski definition) is 1. The molecule has 0 aliphatic carbocycles. The van der Waals surface area contributed by atoms with Crippen LogP contribution in [0.15, 0.2) is 12.1 Å². The summed E-state index contributed by atoms with van der Waals surface area (Å²) in [6, 6.07) is 3.96. The molecule has 4 heteroatoms. The number of hydrogen-bond acceptors (Lipinski definition) is 4. The molecule has 0 amide bonds. The zero-order chi connectivity index (χ0) is 10.6. The molecule has 1 atom stereocenters. The molecule has 78 valence electrons. The van der Waals surface area contributed by atoms with Gasteiger partial charge < -0.3 is 10.5 Å². The van der Waals surface area contributed by atoms with Gasteiger partial charge in [0.05, 0.1) is 7.11 Å². The molecule has 0 saturated heterocycles. The fraction of sp³-hybridized carbons (Fsp3) is 0.500. The Balaban J connectivity index is 2.55. The summed E-state index contributed by atoms with van der Waals surface area (Å²) in [4.78, 5) is 13.0. The van der Waals surface area contributed by atoms with Crippen molar-refractivity contribution in [3.8, 4) is 0 Å². The Bertz CT molecular complexity index is 307. The maximum atomic E-state index is 11.1. The number of rotatable bonds is 4. The molecule has 14 heavy (non-hydrogen) atoms. The Kier molecular flexibility index (Phi) is 4.10. The third-order valence-electron chi connectivity index (χ3n) is 1.89. The molecule has 0 aliphatic heterocycles. The molecule has 3 nitrogen and oxygen atoms in total. The van der Waals surface area contributed by atoms with Gasteiger partial charge in [0.1, 0.15) is 4.88 Å². The molecule has 0 saturated carbocycles. The van der Waals surface area contributed by atoms with Crippen molar-refractivity contribution in [1.82, 2.24) is 0 Å². The van der Waals surface area contributed by atoms with Crippen LogP contribution in [0.5, 0.6) is 0 Å². The summed E-state index contributed by atoms with van der Waals surface area (Å²) in [5.74, 6) is -0.262. The summed E-state index contributed by atoms with van der Waals surface area (Å²) in [5, 5.41) is 0. The van der Waals surface area contributed by atoms with Gasteiger partial charge in [0.25, 0.3) is 0 Å². The number of ether oxygens (including phenoxy) is 1. The van der Waals surface area contributed by atoms with E-state index in [4.69, 9.17) is 5.73 Å². The van der Waals surface area contributed by atoms with Crippen LogP contribution in [0.4, 0.5) is 0 Å². The average molecular weight is 213 g/mol. The average Bonchev–Trinajstić information content (AvgIpc) is 2.62. The molecular weight excluding hydrogens is 198 g/mol. The molecule has 1 aromatic rings. The predicted octanol–water partition coefficient (Wildman–Crippen LogP) is 1.81. The first-order chi connectivity index (χ1) is 6.63. The van der Waals surface area contributed by atoms with E-state index in [9.17, 15) is 4.79 Å². The van der Waals surface area contributed by atoms with E-state index in [0.717, 1.165) is 12.8 Å². The molecule has 0 fully saturated rings. The van der Waals surface area contributed by atoms with Crippen LogP contribution >= 0.6 is 11.3 Å². The van der Waals surface area contributed by atoms with Gasteiger partial charge >= 0.3 is 5.97 Å². The summed E-state index contributed by atoms with van der Waals surface area (Å²) in [7, 11) is 1.39. The summed E-state index contributed by atoms with van der Waals surface area (Å²) >= 11 is 1.48. The molecule has 1 unspecified atom stereocenters. The van der Waals surface area contributed by atoms with Gasteiger partial charge in [0.15, 0.2) is 0 Å². The molecular formula is C10H15NO2S. The van der Waals surface area contributed by atoms with Crippen LogP contribution in [-0.4, -0.2) is 19.1 Å². The fourth-order valence-electron chi connectivity index (χ4n) is 1.09. The fourth-order valence-corrected chi connectivity index (χ4v) is 2.03. The molecule has 0 spiro atoms. The molecule has 0 bridgehead atoms. The van der Waals surface area contributed by atoms with Crippen LogP contribution in [0.3, 0.4) is 0 Å². The lowest BCUT2D eigenvalue weighted by molar-refractivity contribution is 0.0606. The standard InChI is InChI=1S/C10H15NO2S/c1-7(11)3-4-8-5-6-9(14-8)10(12)13-2/h5-7H,3-4,11H2,1-2H3. The first-order valence-electron chi connectivity index (χ1n) is 4.56. The number of thiophene rings is 1. The van der Waals surface area contributed by atoms with Crippen LogP contribution in [0.25, 0.3) is 0 Å². The summed E-state index contributed by atoms with van der Waals surface area (Å²) < 4.78 is 4.62. The van der Waals surface area contributed by atoms with Crippen molar-refractivity contribution in [2.75, 3.05) is 7.11 Å². The Morgan fingerprint density at radius 2 is 2.36 bits per heavy atom. The van der Waals surface area contributed by atoms with Crippen LogP contribution < -0.4 is 5.73 Å². The maximum Gasteiger partial charge on any atom is 0.348 e. The summed E-state index contributed by atoms with van der Waals surface area (Å²) in [6.07, 6.45) is 1.88. The summed E-state index contributed by atoms with van der Waals surface area (Å²) in [6.45, 7) is 1.98. The number of esters is 1. The van der Waals surface area contributed by atoms with E-state index in [2.05, 4.69) is 4.74 Å². The highest BCUT2D eigenvalue weighted by Crippen LogP contribution is 2.19. The highest BCUT2D eigenvalue weighted by molar-refractivity contribution is 7.13. The van der Waals surface area contributed by atoms with Crippen molar-refractivity contribution >= 4 is 17.3 Å². The topological polar surface area (TPSA) is 52.3 Å². The Morgan fingerprint density at radius 1 is 1.64 bits per heavy atom. The molecule has 2 N–H and O–H groups in total. The normalized spacial score (nSPS) is 12.5. The predicted molar refractivity (Wildman–Crippen MR) is 57.6 cm³/mol. The number of methoxy groups -OCH3 is 1. The molecule has 1 aromatic heterocycles. The van der Waals surface area contributed by atoms with Gasteiger partial charge in [-0.1, -0.05) is 0 Å². The van der Waals surface area contributed by atoms with E-state index in [-0.39, 0.29) is 12.0 Å². The lowest BCUT2D eigenvalue weighted by Gasteiger charge is -2.01. The van der Waals surface area contributed by atoms with E-state index in [1.807, 2.05) is 13.0 Å². The van der Waals surface area contributed by atoms with E-state index < -0.39 is 0 Å². The minimum absolute atomic E-state index is 0.207. The van der Waals surface area contributed by atoms with Crippen molar-refractivity contribution in [3.63, 3.8) is 0 Å². The molecule has 1 heterocycles. The van der Waals surface area contributed by atoms with Crippen molar-refractivity contribution < 1.29 is 9.53 Å². The van der Waals surface area contributed by atoms with Gasteiger partial charge in [-0.3, -0.25) is 0 Å². The van der Waals surface area contributed by atoms with Crippen molar-refractivity contribution in [3.05, 3.63) is 21.9 Å². The quantitative estimate of drug-likeness (QED) is 0.776. The lowest BCUT2D eigenvalue weighted by atomic mass is 10.2. The van der Waals surface area contributed by atoms with Gasteiger partial charge in [-0.05, 0) is 31.9 Å². The van der Waals surface area contributed by atoms with E-state index >= 15 is 0 Å². The first-order valence-corrected chi connectivity index (χ1v) is 5.37. The highest BCUT2D eigenvalue weighted by Gasteiger charge is 2.08. The van der Waals surface area contributed by atoms with Crippen LogP contribution in [0, 0.1) is 0 Å². The first kappa shape index (κ1) is 11.2.